The van der Waals surface area contributed by atoms with E-state index < -0.39 is 17.8 Å². The molecule has 0 aromatic carbocycles. The van der Waals surface area contributed by atoms with Gasteiger partial charge in [0.25, 0.3) is 5.91 Å². The van der Waals surface area contributed by atoms with E-state index in [1.165, 1.54) is 24.5 Å². The number of nitrogens with one attached hydrogen (secondary N) is 1. The van der Waals surface area contributed by atoms with Gasteiger partial charge < -0.3 is 14.3 Å². The highest BCUT2D eigenvalue weighted by Gasteiger charge is 2.36. The first kappa shape index (κ1) is 16.8. The van der Waals surface area contributed by atoms with Crippen LogP contribution in [0, 0.1) is 6.92 Å². The van der Waals surface area contributed by atoms with Gasteiger partial charge in [0.05, 0.1) is 12.5 Å². The van der Waals surface area contributed by atoms with E-state index in [-0.39, 0.29) is 28.5 Å². The number of carbonyl (C=O) groups is 1. The zero-order valence-corrected chi connectivity index (χ0v) is 13.6. The molecular weight excluding hydrogens is 367 g/mol. The Morgan fingerprint density at radius 2 is 2.11 bits per heavy atom. The van der Waals surface area contributed by atoms with E-state index in [1.807, 2.05) is 0 Å². The van der Waals surface area contributed by atoms with Crippen LogP contribution in [-0.2, 0) is 6.18 Å². The third kappa shape index (κ3) is 3.03. The number of anilines is 1. The molecule has 4 aromatic rings. The van der Waals surface area contributed by atoms with Crippen molar-refractivity contribution in [1.82, 2.24) is 19.8 Å². The Kier molecular flexibility index (Phi) is 3.72. The molecule has 0 bridgehead atoms. The Morgan fingerprint density at radius 1 is 1.30 bits per heavy atom. The molecule has 4 heterocycles. The maximum atomic E-state index is 13.5. The zero-order chi connectivity index (χ0) is 19.2. The number of hydrogen-bond donors (Lipinski definition) is 1. The number of hydrogen-bond acceptors (Lipinski definition) is 6. The summed E-state index contributed by atoms with van der Waals surface area (Å²) < 4.78 is 50.9. The van der Waals surface area contributed by atoms with Crippen LogP contribution in [0.15, 0.2) is 45.7 Å². The lowest BCUT2D eigenvalue weighted by atomic mass is 10.2. The average molecular weight is 377 g/mol. The number of aromatic nitrogens is 4. The van der Waals surface area contributed by atoms with Crippen LogP contribution in [0.2, 0.25) is 0 Å². The molecule has 0 atom stereocenters. The topological polar surface area (TPSA) is 98.5 Å². The number of aryl methyl sites for hydroxylation is 1. The first-order valence-electron chi connectivity index (χ1n) is 7.57. The molecule has 4 rings (SSSR count). The maximum absolute atomic E-state index is 13.5. The average Bonchev–Trinajstić information content (AvgIpc) is 3.33. The summed E-state index contributed by atoms with van der Waals surface area (Å²) in [5.74, 6) is -0.0176. The highest BCUT2D eigenvalue weighted by atomic mass is 19.4. The fourth-order valence-electron chi connectivity index (χ4n) is 2.48. The van der Waals surface area contributed by atoms with Crippen molar-refractivity contribution in [2.24, 2.45) is 0 Å². The molecule has 0 spiro atoms. The van der Waals surface area contributed by atoms with Crippen molar-refractivity contribution < 1.29 is 26.9 Å². The second-order valence-electron chi connectivity index (χ2n) is 5.57. The Labute approximate surface area is 148 Å². The predicted molar refractivity (Wildman–Crippen MR) is 84.9 cm³/mol. The molecule has 0 aliphatic carbocycles. The molecule has 138 valence electrons. The Bertz CT molecular complexity index is 1130. The van der Waals surface area contributed by atoms with Crippen molar-refractivity contribution in [3.8, 4) is 11.5 Å². The molecule has 0 fully saturated rings. The number of rotatable bonds is 3. The number of amides is 1. The fraction of sp³-hybridized carbons (Fsp3) is 0.125. The van der Waals surface area contributed by atoms with Crippen molar-refractivity contribution in [1.29, 1.82) is 0 Å². The van der Waals surface area contributed by atoms with E-state index >= 15 is 0 Å². The number of fused-ring (bicyclic) bond motifs is 1. The SMILES string of the molecule is Cc1cc(NC(=O)c2cnn3c(C(F)(F)F)cc(-c4ccco4)nc23)no1. The predicted octanol–water partition coefficient (Wildman–Crippen LogP) is 3.56. The monoisotopic (exact) mass is 377 g/mol. The maximum Gasteiger partial charge on any atom is 0.433 e. The third-order valence-electron chi connectivity index (χ3n) is 3.65. The summed E-state index contributed by atoms with van der Waals surface area (Å²) in [4.78, 5) is 16.6. The first-order chi connectivity index (χ1) is 12.8. The zero-order valence-electron chi connectivity index (χ0n) is 13.6. The molecule has 8 nitrogen and oxygen atoms in total. The van der Waals surface area contributed by atoms with Gasteiger partial charge in [-0.1, -0.05) is 5.16 Å². The van der Waals surface area contributed by atoms with Crippen LogP contribution in [0.25, 0.3) is 17.1 Å². The highest BCUT2D eigenvalue weighted by Crippen LogP contribution is 2.32. The number of halogens is 3. The van der Waals surface area contributed by atoms with E-state index in [4.69, 9.17) is 8.94 Å². The lowest BCUT2D eigenvalue weighted by Crippen LogP contribution is -2.15. The molecule has 0 saturated carbocycles. The number of furan rings is 1. The molecule has 0 aliphatic rings. The van der Waals surface area contributed by atoms with Crippen molar-refractivity contribution in [2.45, 2.75) is 13.1 Å². The first-order valence-corrected chi connectivity index (χ1v) is 7.57. The highest BCUT2D eigenvalue weighted by molar-refractivity contribution is 6.07. The van der Waals surface area contributed by atoms with E-state index in [2.05, 4.69) is 20.6 Å². The van der Waals surface area contributed by atoms with Crippen molar-refractivity contribution >= 4 is 17.4 Å². The Balaban J connectivity index is 1.85. The molecule has 11 heteroatoms. The lowest BCUT2D eigenvalue weighted by Gasteiger charge is -2.10. The van der Waals surface area contributed by atoms with Gasteiger partial charge >= 0.3 is 6.18 Å². The molecule has 1 amide bonds. The van der Waals surface area contributed by atoms with Gasteiger partial charge in [-0.05, 0) is 25.1 Å². The summed E-state index contributed by atoms with van der Waals surface area (Å²) in [5, 5.41) is 9.71. The summed E-state index contributed by atoms with van der Waals surface area (Å²) in [6.45, 7) is 1.63. The summed E-state index contributed by atoms with van der Waals surface area (Å²) in [5.41, 5.74) is -1.59. The normalized spacial score (nSPS) is 11.9. The van der Waals surface area contributed by atoms with Crippen LogP contribution in [0.5, 0.6) is 0 Å². The van der Waals surface area contributed by atoms with E-state index in [0.717, 1.165) is 12.3 Å². The van der Waals surface area contributed by atoms with Gasteiger partial charge in [0.1, 0.15) is 17.0 Å². The smallest absolute Gasteiger partial charge is 0.433 e. The van der Waals surface area contributed by atoms with Gasteiger partial charge in [-0.2, -0.15) is 18.3 Å². The molecule has 0 saturated heterocycles. The third-order valence-corrected chi connectivity index (χ3v) is 3.65. The van der Waals surface area contributed by atoms with Gasteiger partial charge in [0.15, 0.2) is 22.9 Å². The van der Waals surface area contributed by atoms with Crippen LogP contribution >= 0.6 is 0 Å². The summed E-state index contributed by atoms with van der Waals surface area (Å²) in [6, 6.07) is 5.26. The quantitative estimate of drug-likeness (QED) is 0.586. The summed E-state index contributed by atoms with van der Waals surface area (Å²) in [6.07, 6.45) is -2.40. The van der Waals surface area contributed by atoms with Crippen molar-refractivity contribution in [3.05, 3.63) is 53.7 Å². The summed E-state index contributed by atoms with van der Waals surface area (Å²) >= 11 is 0. The van der Waals surface area contributed by atoms with Crippen molar-refractivity contribution in [3.63, 3.8) is 0 Å². The van der Waals surface area contributed by atoms with Crippen LogP contribution in [0.4, 0.5) is 19.0 Å². The number of alkyl halides is 3. The lowest BCUT2D eigenvalue weighted by molar-refractivity contribution is -0.142. The molecule has 0 unspecified atom stereocenters. The Morgan fingerprint density at radius 3 is 2.74 bits per heavy atom. The van der Waals surface area contributed by atoms with Gasteiger partial charge in [-0.25, -0.2) is 9.50 Å². The minimum absolute atomic E-state index is 0.0772. The van der Waals surface area contributed by atoms with Crippen LogP contribution in [0.3, 0.4) is 0 Å². The molecular formula is C16H10F3N5O3. The van der Waals surface area contributed by atoms with Crippen molar-refractivity contribution in [2.75, 3.05) is 5.32 Å². The fourth-order valence-corrected chi connectivity index (χ4v) is 2.48. The molecule has 0 aliphatic heterocycles. The molecule has 0 radical (unpaired) electrons. The summed E-state index contributed by atoms with van der Waals surface area (Å²) in [7, 11) is 0. The second kappa shape index (κ2) is 5.97. The van der Waals surface area contributed by atoms with Crippen LogP contribution < -0.4 is 5.32 Å². The number of nitrogens with zero attached hydrogens (tertiary/aromatic N) is 4. The van der Waals surface area contributed by atoms with E-state index in [9.17, 15) is 18.0 Å². The van der Waals surface area contributed by atoms with Gasteiger partial charge in [0, 0.05) is 6.07 Å². The van der Waals surface area contributed by atoms with Crippen LogP contribution in [-0.4, -0.2) is 25.7 Å². The van der Waals surface area contributed by atoms with Gasteiger partial charge in [-0.3, -0.25) is 4.79 Å². The van der Waals surface area contributed by atoms with Gasteiger partial charge in [0.2, 0.25) is 0 Å². The van der Waals surface area contributed by atoms with Crippen LogP contribution in [0.1, 0.15) is 21.8 Å². The number of carbonyl (C=O) groups excluding carboxylic acids is 1. The molecule has 4 aromatic heterocycles. The van der Waals surface area contributed by atoms with E-state index in [0.29, 0.717) is 10.3 Å². The standard InChI is InChI=1S/C16H10F3N5O3/c1-8-5-13(23-27-8)22-15(25)9-7-20-24-12(16(17,18)19)6-10(21-14(9)24)11-3-2-4-26-11/h2-7H,1H3,(H,22,23,25). The molecule has 27 heavy (non-hydrogen) atoms. The van der Waals surface area contributed by atoms with Gasteiger partial charge in [-0.15, -0.1) is 0 Å². The Hall–Kier alpha value is -3.63. The largest absolute Gasteiger partial charge is 0.463 e. The minimum atomic E-state index is -4.72. The minimum Gasteiger partial charge on any atom is -0.463 e. The molecule has 1 N–H and O–H groups in total. The second-order valence-corrected chi connectivity index (χ2v) is 5.57. The van der Waals surface area contributed by atoms with E-state index in [1.54, 1.807) is 6.92 Å².